The number of aromatic nitrogens is 2. The molecule has 0 aliphatic rings. The molecule has 0 amide bonds. The molecule has 1 aromatic heterocycles. The second-order valence-electron chi connectivity index (χ2n) is 6.80. The Bertz CT molecular complexity index is 1130. The zero-order valence-corrected chi connectivity index (χ0v) is 17.6. The van der Waals surface area contributed by atoms with Gasteiger partial charge in [0.25, 0.3) is 5.69 Å². The minimum Gasteiger partial charge on any atom is -0.496 e. The van der Waals surface area contributed by atoms with Gasteiger partial charge in [0.2, 0.25) is 0 Å². The molecule has 0 aliphatic carbocycles. The maximum atomic E-state index is 12.5. The van der Waals surface area contributed by atoms with Gasteiger partial charge < -0.3 is 9.47 Å². The topological polar surface area (TPSA) is 96.5 Å². The first-order valence-electron chi connectivity index (χ1n) is 9.72. The first kappa shape index (κ1) is 21.8. The Labute approximate surface area is 179 Å². The van der Waals surface area contributed by atoms with Crippen LogP contribution in [0.25, 0.3) is 6.08 Å². The van der Waals surface area contributed by atoms with Gasteiger partial charge in [0.1, 0.15) is 18.1 Å². The van der Waals surface area contributed by atoms with Crippen LogP contribution >= 0.6 is 0 Å². The minimum absolute atomic E-state index is 0.0404. The summed E-state index contributed by atoms with van der Waals surface area (Å²) in [6.45, 7) is 4.63. The molecule has 3 aromatic rings. The Hall–Kier alpha value is -3.94. The number of ether oxygens (including phenoxy) is 2. The molecule has 0 radical (unpaired) electrons. The molecule has 0 atom stereocenters. The van der Waals surface area contributed by atoms with Gasteiger partial charge in [-0.3, -0.25) is 19.6 Å². The molecule has 2 aromatic carbocycles. The number of aryl methyl sites for hydroxylation is 2. The van der Waals surface area contributed by atoms with Crippen LogP contribution in [0, 0.1) is 17.0 Å². The fourth-order valence-electron chi connectivity index (χ4n) is 3.05. The van der Waals surface area contributed by atoms with E-state index < -0.39 is 4.92 Å². The van der Waals surface area contributed by atoms with Crippen LogP contribution in [0.15, 0.2) is 54.7 Å². The number of allylic oxidation sites excluding steroid dienone is 1. The molecule has 0 aliphatic heterocycles. The van der Waals surface area contributed by atoms with Crippen LogP contribution < -0.4 is 9.47 Å². The average Bonchev–Trinajstić information content (AvgIpc) is 3.17. The number of hydrogen-bond donors (Lipinski definition) is 0. The van der Waals surface area contributed by atoms with Crippen molar-refractivity contribution in [2.24, 2.45) is 0 Å². The monoisotopic (exact) mass is 421 g/mol. The van der Waals surface area contributed by atoms with E-state index in [2.05, 4.69) is 5.10 Å². The highest BCUT2D eigenvalue weighted by Gasteiger charge is 2.11. The van der Waals surface area contributed by atoms with Gasteiger partial charge in [0.15, 0.2) is 5.78 Å². The molecular weight excluding hydrogens is 398 g/mol. The number of carbonyl (C=O) groups is 1. The average molecular weight is 421 g/mol. The molecule has 1 heterocycles. The Morgan fingerprint density at radius 1 is 1.26 bits per heavy atom. The Morgan fingerprint density at radius 3 is 2.74 bits per heavy atom. The first-order valence-corrected chi connectivity index (χ1v) is 9.72. The fraction of sp³-hybridized carbons (Fsp3) is 0.217. The van der Waals surface area contributed by atoms with Crippen molar-refractivity contribution in [3.63, 3.8) is 0 Å². The summed E-state index contributed by atoms with van der Waals surface area (Å²) in [5.74, 6) is 0.882. The second kappa shape index (κ2) is 9.71. The number of nitro benzene ring substituents is 1. The smallest absolute Gasteiger partial charge is 0.273 e. The van der Waals surface area contributed by atoms with Gasteiger partial charge in [-0.05, 0) is 43.7 Å². The van der Waals surface area contributed by atoms with E-state index in [9.17, 15) is 14.9 Å². The lowest BCUT2D eigenvalue weighted by atomic mass is 10.1. The van der Waals surface area contributed by atoms with Gasteiger partial charge >= 0.3 is 0 Å². The Morgan fingerprint density at radius 2 is 2.06 bits per heavy atom. The van der Waals surface area contributed by atoms with Gasteiger partial charge in [-0.25, -0.2) is 0 Å². The third kappa shape index (κ3) is 5.36. The van der Waals surface area contributed by atoms with E-state index in [1.54, 1.807) is 42.3 Å². The molecule has 0 saturated heterocycles. The normalized spacial score (nSPS) is 10.9. The third-order valence-electron chi connectivity index (χ3n) is 4.69. The third-order valence-corrected chi connectivity index (χ3v) is 4.69. The molecule has 3 rings (SSSR count). The maximum absolute atomic E-state index is 12.5. The van der Waals surface area contributed by atoms with Gasteiger partial charge in [0.05, 0.1) is 29.4 Å². The number of non-ortho nitro benzene ring substituents is 1. The molecule has 0 bridgehead atoms. The van der Waals surface area contributed by atoms with Crippen LogP contribution in [0.1, 0.15) is 34.1 Å². The van der Waals surface area contributed by atoms with Gasteiger partial charge in [0, 0.05) is 24.4 Å². The van der Waals surface area contributed by atoms with E-state index in [4.69, 9.17) is 9.47 Å². The maximum Gasteiger partial charge on any atom is 0.273 e. The molecule has 0 saturated carbocycles. The molecule has 31 heavy (non-hydrogen) atoms. The Kier molecular flexibility index (Phi) is 6.81. The Balaban J connectivity index is 1.76. The summed E-state index contributed by atoms with van der Waals surface area (Å²) in [5.41, 5.74) is 2.77. The SMILES string of the molecule is CCn1cc(C(=O)/C=C/c2ccc(OC)c(COc3cccc([N+](=O)[O-])c3)c2)c(C)n1. The molecule has 0 N–H and O–H groups in total. The fourth-order valence-corrected chi connectivity index (χ4v) is 3.05. The van der Waals surface area contributed by atoms with Crippen molar-refractivity contribution >= 4 is 17.5 Å². The number of benzene rings is 2. The van der Waals surface area contributed by atoms with E-state index in [1.165, 1.54) is 18.2 Å². The highest BCUT2D eigenvalue weighted by Crippen LogP contribution is 2.25. The number of nitro groups is 1. The molecule has 0 spiro atoms. The van der Waals surface area contributed by atoms with E-state index in [0.29, 0.717) is 29.3 Å². The van der Waals surface area contributed by atoms with Crippen LogP contribution in [-0.2, 0) is 13.2 Å². The lowest BCUT2D eigenvalue weighted by Crippen LogP contribution is -2.00. The van der Waals surface area contributed by atoms with Crippen molar-refractivity contribution in [3.05, 3.63) is 87.2 Å². The molecule has 0 unspecified atom stereocenters. The molecule has 8 nitrogen and oxygen atoms in total. The van der Waals surface area contributed by atoms with Crippen molar-refractivity contribution in [1.29, 1.82) is 0 Å². The number of ketones is 1. The molecular formula is C23H23N3O5. The zero-order chi connectivity index (χ0) is 22.4. The van der Waals surface area contributed by atoms with Crippen molar-refractivity contribution in [2.45, 2.75) is 27.0 Å². The summed E-state index contributed by atoms with van der Waals surface area (Å²) in [7, 11) is 1.55. The van der Waals surface area contributed by atoms with Gasteiger partial charge in [-0.15, -0.1) is 0 Å². The minimum atomic E-state index is -0.470. The predicted molar refractivity (Wildman–Crippen MR) is 116 cm³/mol. The van der Waals surface area contributed by atoms with E-state index >= 15 is 0 Å². The summed E-state index contributed by atoms with van der Waals surface area (Å²) < 4.78 is 12.8. The highest BCUT2D eigenvalue weighted by atomic mass is 16.6. The second-order valence-corrected chi connectivity index (χ2v) is 6.80. The van der Waals surface area contributed by atoms with Gasteiger partial charge in [-0.2, -0.15) is 5.10 Å². The summed E-state index contributed by atoms with van der Waals surface area (Å²) in [6.07, 6.45) is 4.98. The predicted octanol–water partition coefficient (Wildman–Crippen LogP) is 4.60. The lowest BCUT2D eigenvalue weighted by molar-refractivity contribution is -0.384. The van der Waals surface area contributed by atoms with Gasteiger partial charge in [-0.1, -0.05) is 18.2 Å². The largest absolute Gasteiger partial charge is 0.496 e. The number of carbonyl (C=O) groups excluding carboxylic acids is 1. The first-order chi connectivity index (χ1) is 14.9. The van der Waals surface area contributed by atoms with Crippen molar-refractivity contribution in [3.8, 4) is 11.5 Å². The summed E-state index contributed by atoms with van der Waals surface area (Å²) >= 11 is 0. The molecule has 0 fully saturated rings. The lowest BCUT2D eigenvalue weighted by Gasteiger charge is -2.11. The van der Waals surface area contributed by atoms with Crippen LogP contribution in [0.3, 0.4) is 0 Å². The summed E-state index contributed by atoms with van der Waals surface area (Å²) in [6, 6.07) is 11.5. The number of methoxy groups -OCH3 is 1. The van der Waals surface area contributed by atoms with E-state index in [-0.39, 0.29) is 18.1 Å². The van der Waals surface area contributed by atoms with Crippen LogP contribution in [-0.4, -0.2) is 27.6 Å². The summed E-state index contributed by atoms with van der Waals surface area (Å²) in [4.78, 5) is 23.0. The van der Waals surface area contributed by atoms with Crippen LogP contribution in [0.2, 0.25) is 0 Å². The number of nitrogens with zero attached hydrogens (tertiary/aromatic N) is 3. The van der Waals surface area contributed by atoms with Crippen molar-refractivity contribution in [1.82, 2.24) is 9.78 Å². The highest BCUT2D eigenvalue weighted by molar-refractivity contribution is 6.07. The standard InChI is InChI=1S/C23H23N3O5/c1-4-25-14-21(16(2)24-25)22(27)10-8-17-9-11-23(30-3)18(12-17)15-31-20-7-5-6-19(13-20)26(28)29/h5-14H,4,15H2,1-3H3/b10-8+. The molecule has 160 valence electrons. The number of rotatable bonds is 9. The van der Waals surface area contributed by atoms with Crippen molar-refractivity contribution in [2.75, 3.05) is 7.11 Å². The van der Waals surface area contributed by atoms with Crippen LogP contribution in [0.5, 0.6) is 11.5 Å². The van der Waals surface area contributed by atoms with E-state index in [0.717, 1.165) is 11.1 Å². The zero-order valence-electron chi connectivity index (χ0n) is 17.6. The quantitative estimate of drug-likeness (QED) is 0.217. The van der Waals surface area contributed by atoms with Crippen molar-refractivity contribution < 1.29 is 19.2 Å². The summed E-state index contributed by atoms with van der Waals surface area (Å²) in [5, 5.41) is 15.2. The number of hydrogen-bond acceptors (Lipinski definition) is 6. The molecule has 8 heteroatoms. The van der Waals surface area contributed by atoms with Crippen LogP contribution in [0.4, 0.5) is 5.69 Å². The van der Waals surface area contributed by atoms with E-state index in [1.807, 2.05) is 26.0 Å².